The Hall–Kier alpha value is -2.67. The summed E-state index contributed by atoms with van der Waals surface area (Å²) in [6.07, 6.45) is 6.22. The van der Waals surface area contributed by atoms with Gasteiger partial charge in [0.25, 0.3) is 0 Å². The summed E-state index contributed by atoms with van der Waals surface area (Å²) in [7, 11) is 0. The third kappa shape index (κ3) is 3.62. The van der Waals surface area contributed by atoms with Crippen LogP contribution in [0.25, 0.3) is 6.08 Å². The van der Waals surface area contributed by atoms with Crippen LogP contribution in [-0.2, 0) is 4.79 Å². The fourth-order valence-electron chi connectivity index (χ4n) is 2.38. The van der Waals surface area contributed by atoms with E-state index in [9.17, 15) is 9.90 Å². The molecular formula is C20H14ClNO2. The standard InChI is InChI=1S/C20H14ClNO2/c21-16-8-6-15(7-9-16)4-3-11-20(24)12-10-19(23)18(20)14-17-5-1-2-13-22-17/h1-2,5-10,12-14,24H,11H2/b18-14-. The lowest BCUT2D eigenvalue weighted by Gasteiger charge is -2.19. The second-order valence-electron chi connectivity index (χ2n) is 5.42. The highest BCUT2D eigenvalue weighted by Crippen LogP contribution is 2.30. The maximum atomic E-state index is 12.1. The summed E-state index contributed by atoms with van der Waals surface area (Å²) >= 11 is 5.84. The van der Waals surface area contributed by atoms with Crippen LogP contribution < -0.4 is 0 Å². The monoisotopic (exact) mass is 335 g/mol. The molecule has 0 spiro atoms. The van der Waals surface area contributed by atoms with Crippen LogP contribution in [0.3, 0.4) is 0 Å². The minimum absolute atomic E-state index is 0.122. The van der Waals surface area contributed by atoms with E-state index in [1.807, 2.05) is 6.07 Å². The number of hydrogen-bond acceptors (Lipinski definition) is 3. The molecule has 1 unspecified atom stereocenters. The van der Waals surface area contributed by atoms with Gasteiger partial charge in [-0.15, -0.1) is 0 Å². The Balaban J connectivity index is 1.83. The zero-order valence-corrected chi connectivity index (χ0v) is 13.5. The largest absolute Gasteiger partial charge is 0.380 e. The highest BCUT2D eigenvalue weighted by atomic mass is 35.5. The van der Waals surface area contributed by atoms with Gasteiger partial charge in [-0.25, -0.2) is 0 Å². The van der Waals surface area contributed by atoms with Gasteiger partial charge in [-0.1, -0.05) is 29.5 Å². The highest BCUT2D eigenvalue weighted by molar-refractivity contribution is 6.30. The topological polar surface area (TPSA) is 50.2 Å². The second kappa shape index (κ2) is 6.84. The van der Waals surface area contributed by atoms with Crippen LogP contribution in [0.4, 0.5) is 0 Å². The lowest BCUT2D eigenvalue weighted by Crippen LogP contribution is -2.27. The molecule has 1 aromatic carbocycles. The Kier molecular flexibility index (Phi) is 4.61. The van der Waals surface area contributed by atoms with Gasteiger partial charge in [0.05, 0.1) is 5.69 Å². The first-order valence-electron chi connectivity index (χ1n) is 7.40. The van der Waals surface area contributed by atoms with Gasteiger partial charge in [-0.05, 0) is 54.6 Å². The van der Waals surface area contributed by atoms with Crippen molar-refractivity contribution >= 4 is 23.5 Å². The number of ketones is 1. The van der Waals surface area contributed by atoms with Crippen molar-refractivity contribution in [2.75, 3.05) is 0 Å². The van der Waals surface area contributed by atoms with Gasteiger partial charge >= 0.3 is 0 Å². The minimum atomic E-state index is -1.39. The molecule has 0 fully saturated rings. The van der Waals surface area contributed by atoms with Crippen LogP contribution >= 0.6 is 11.6 Å². The molecule has 0 bridgehead atoms. The van der Waals surface area contributed by atoms with Crippen molar-refractivity contribution in [2.24, 2.45) is 0 Å². The highest BCUT2D eigenvalue weighted by Gasteiger charge is 2.36. The zero-order chi connectivity index (χ0) is 17.0. The minimum Gasteiger partial charge on any atom is -0.380 e. The van der Waals surface area contributed by atoms with Crippen LogP contribution in [0.2, 0.25) is 5.02 Å². The van der Waals surface area contributed by atoms with Crippen LogP contribution in [-0.4, -0.2) is 21.5 Å². The summed E-state index contributed by atoms with van der Waals surface area (Å²) in [6, 6.07) is 12.5. The van der Waals surface area contributed by atoms with Crippen molar-refractivity contribution in [2.45, 2.75) is 12.0 Å². The fourth-order valence-corrected chi connectivity index (χ4v) is 2.51. The Bertz CT molecular complexity index is 873. The molecule has 0 radical (unpaired) electrons. The molecular weight excluding hydrogens is 322 g/mol. The molecule has 24 heavy (non-hydrogen) atoms. The lowest BCUT2D eigenvalue weighted by molar-refractivity contribution is -0.111. The lowest BCUT2D eigenvalue weighted by atomic mass is 9.92. The van der Waals surface area contributed by atoms with Crippen molar-refractivity contribution in [3.05, 3.63) is 82.7 Å². The summed E-state index contributed by atoms with van der Waals surface area (Å²) in [5.41, 5.74) is 0.306. The van der Waals surface area contributed by atoms with Crippen LogP contribution in [0.15, 0.2) is 66.4 Å². The predicted octanol–water partition coefficient (Wildman–Crippen LogP) is 3.43. The van der Waals surface area contributed by atoms with E-state index in [-0.39, 0.29) is 17.8 Å². The number of rotatable bonds is 2. The number of benzene rings is 1. The Morgan fingerprint density at radius 2 is 2.00 bits per heavy atom. The molecule has 0 amide bonds. The summed E-state index contributed by atoms with van der Waals surface area (Å²) in [5, 5.41) is 11.4. The van der Waals surface area contributed by atoms with Crippen LogP contribution in [0.1, 0.15) is 17.7 Å². The van der Waals surface area contributed by atoms with Crippen molar-refractivity contribution < 1.29 is 9.90 Å². The van der Waals surface area contributed by atoms with E-state index in [1.165, 1.54) is 12.2 Å². The number of pyridine rings is 1. The molecule has 0 saturated heterocycles. The second-order valence-corrected chi connectivity index (χ2v) is 5.86. The maximum Gasteiger partial charge on any atom is 0.184 e. The fraction of sp³-hybridized carbons (Fsp3) is 0.100. The molecule has 0 aliphatic heterocycles. The van der Waals surface area contributed by atoms with E-state index in [0.29, 0.717) is 10.7 Å². The number of aromatic nitrogens is 1. The smallest absolute Gasteiger partial charge is 0.184 e. The summed E-state index contributed by atoms with van der Waals surface area (Å²) in [6.45, 7) is 0. The number of hydrogen-bond donors (Lipinski definition) is 1. The van der Waals surface area contributed by atoms with E-state index in [2.05, 4.69) is 16.8 Å². The molecule has 1 aliphatic rings. The third-order valence-electron chi connectivity index (χ3n) is 3.66. The quantitative estimate of drug-likeness (QED) is 0.675. The molecule has 1 atom stereocenters. The maximum absolute atomic E-state index is 12.1. The van der Waals surface area contributed by atoms with Crippen LogP contribution in [0, 0.1) is 11.8 Å². The van der Waals surface area contributed by atoms with Gasteiger partial charge < -0.3 is 5.11 Å². The van der Waals surface area contributed by atoms with Crippen LogP contribution in [0.5, 0.6) is 0 Å². The first kappa shape index (κ1) is 16.2. The molecule has 0 saturated carbocycles. The van der Waals surface area contributed by atoms with Gasteiger partial charge in [-0.2, -0.15) is 0 Å². The zero-order valence-electron chi connectivity index (χ0n) is 12.7. The normalized spacial score (nSPS) is 20.9. The molecule has 1 heterocycles. The molecule has 1 N–H and O–H groups in total. The van der Waals surface area contributed by atoms with Gasteiger partial charge in [0.15, 0.2) is 5.78 Å². The molecule has 3 nitrogen and oxygen atoms in total. The molecule has 118 valence electrons. The Morgan fingerprint density at radius 3 is 2.71 bits per heavy atom. The first-order valence-corrected chi connectivity index (χ1v) is 7.78. The number of halogens is 1. The number of nitrogens with zero attached hydrogens (tertiary/aromatic N) is 1. The summed E-state index contributed by atoms with van der Waals surface area (Å²) in [5.74, 6) is 5.67. The molecule has 1 aliphatic carbocycles. The Morgan fingerprint density at radius 1 is 1.21 bits per heavy atom. The van der Waals surface area contributed by atoms with Gasteiger partial charge in [0, 0.05) is 28.8 Å². The molecule has 2 aromatic rings. The van der Waals surface area contributed by atoms with Gasteiger partial charge in [0.1, 0.15) is 5.60 Å². The van der Waals surface area contributed by atoms with E-state index < -0.39 is 5.60 Å². The third-order valence-corrected chi connectivity index (χ3v) is 3.91. The van der Waals surface area contributed by atoms with E-state index in [4.69, 9.17) is 11.6 Å². The predicted molar refractivity (Wildman–Crippen MR) is 94.3 cm³/mol. The summed E-state index contributed by atoms with van der Waals surface area (Å²) in [4.78, 5) is 16.2. The first-order chi connectivity index (χ1) is 11.6. The van der Waals surface area contributed by atoms with E-state index in [0.717, 1.165) is 5.56 Å². The van der Waals surface area contributed by atoms with Crippen molar-refractivity contribution in [1.82, 2.24) is 4.98 Å². The van der Waals surface area contributed by atoms with Gasteiger partial charge in [0.2, 0.25) is 0 Å². The average molecular weight is 336 g/mol. The van der Waals surface area contributed by atoms with Crippen molar-refractivity contribution in [1.29, 1.82) is 0 Å². The van der Waals surface area contributed by atoms with Crippen molar-refractivity contribution in [3.63, 3.8) is 0 Å². The number of carbonyl (C=O) groups excluding carboxylic acids is 1. The number of carbonyl (C=O) groups is 1. The number of aliphatic hydroxyl groups is 1. The van der Waals surface area contributed by atoms with E-state index >= 15 is 0 Å². The van der Waals surface area contributed by atoms with E-state index in [1.54, 1.807) is 48.7 Å². The SMILES string of the molecule is O=C1C=CC(O)(CC#Cc2ccc(Cl)cc2)/C1=C\c1ccccn1. The molecule has 3 rings (SSSR count). The molecule has 4 heteroatoms. The Labute approximate surface area is 145 Å². The number of allylic oxidation sites excluding steroid dienone is 1. The average Bonchev–Trinajstić information content (AvgIpc) is 2.86. The summed E-state index contributed by atoms with van der Waals surface area (Å²) < 4.78 is 0. The molecule has 1 aromatic heterocycles. The van der Waals surface area contributed by atoms with Crippen molar-refractivity contribution in [3.8, 4) is 11.8 Å². The van der Waals surface area contributed by atoms with Gasteiger partial charge in [-0.3, -0.25) is 9.78 Å².